The zero-order valence-electron chi connectivity index (χ0n) is 15.5. The number of nitrogens with zero attached hydrogens (tertiary/aromatic N) is 1. The number of halogens is 2. The van der Waals surface area contributed by atoms with Crippen LogP contribution in [0.3, 0.4) is 0 Å². The van der Waals surface area contributed by atoms with Gasteiger partial charge in [-0.3, -0.25) is 10.1 Å². The Morgan fingerprint density at radius 1 is 1.14 bits per heavy atom. The Bertz CT molecular complexity index is 1030. The molecule has 3 rings (SSSR count). The summed E-state index contributed by atoms with van der Waals surface area (Å²) in [5.74, 6) is 1.26. The number of nitrogens with one attached hydrogen (secondary N) is 1. The van der Waals surface area contributed by atoms with Gasteiger partial charge >= 0.3 is 0 Å². The quantitative estimate of drug-likeness (QED) is 0.221. The van der Waals surface area contributed by atoms with Crippen molar-refractivity contribution < 1.29 is 14.4 Å². The Balaban J connectivity index is 1.73. The second kappa shape index (κ2) is 9.80. The number of methoxy groups -OCH3 is 1. The molecule has 8 heteroatoms. The minimum atomic E-state index is -0.414. The Labute approximate surface area is 187 Å². The minimum absolute atomic E-state index is 0.0467. The van der Waals surface area contributed by atoms with E-state index in [1.807, 2.05) is 36.4 Å². The van der Waals surface area contributed by atoms with Gasteiger partial charge in [0.1, 0.15) is 6.61 Å². The first-order valence-corrected chi connectivity index (χ1v) is 10.1. The van der Waals surface area contributed by atoms with E-state index in [1.54, 1.807) is 19.2 Å². The van der Waals surface area contributed by atoms with E-state index in [0.29, 0.717) is 35.4 Å². The number of non-ortho nitro benzene ring substituents is 1. The summed E-state index contributed by atoms with van der Waals surface area (Å²) >= 11 is 8.40. The molecule has 1 N–H and O–H groups in total. The lowest BCUT2D eigenvalue weighted by Gasteiger charge is -2.15. The van der Waals surface area contributed by atoms with Gasteiger partial charge in [0.05, 0.1) is 15.6 Å². The molecule has 0 radical (unpaired) electrons. The summed E-state index contributed by atoms with van der Waals surface area (Å²) in [6.07, 6.45) is 0. The maximum atomic E-state index is 10.9. The number of ether oxygens (including phenoxy) is 2. The lowest BCUT2D eigenvalue weighted by atomic mass is 10.2. The molecule has 0 heterocycles. The largest absolute Gasteiger partial charge is 0.493 e. The normalized spacial score (nSPS) is 10.4. The van der Waals surface area contributed by atoms with Crippen LogP contribution in [0.4, 0.5) is 11.4 Å². The van der Waals surface area contributed by atoms with Crippen molar-refractivity contribution in [3.8, 4) is 11.5 Å². The average Bonchev–Trinajstić information content (AvgIpc) is 2.72. The van der Waals surface area contributed by atoms with Crippen LogP contribution in [0.15, 0.2) is 60.7 Å². The molecule has 0 aliphatic rings. The van der Waals surface area contributed by atoms with Crippen LogP contribution in [0.5, 0.6) is 11.5 Å². The van der Waals surface area contributed by atoms with Gasteiger partial charge in [0, 0.05) is 35.0 Å². The molecule has 0 fully saturated rings. The van der Waals surface area contributed by atoms with Crippen molar-refractivity contribution >= 4 is 45.6 Å². The Hall–Kier alpha value is -2.52. The molecule has 3 aromatic rings. The number of hydrogen-bond donors (Lipinski definition) is 1. The fraction of sp³-hybridized carbons (Fsp3) is 0.143. The zero-order chi connectivity index (χ0) is 20.8. The molecular formula is C21H18ClIN2O4. The number of hydrogen-bond acceptors (Lipinski definition) is 5. The van der Waals surface area contributed by atoms with Crippen LogP contribution in [0.25, 0.3) is 0 Å². The van der Waals surface area contributed by atoms with Gasteiger partial charge in [-0.15, -0.1) is 0 Å². The third-order valence-electron chi connectivity index (χ3n) is 4.17. The first kappa shape index (κ1) is 21.2. The molecule has 0 amide bonds. The van der Waals surface area contributed by atoms with E-state index in [1.165, 1.54) is 12.1 Å². The average molecular weight is 525 g/mol. The van der Waals surface area contributed by atoms with Crippen LogP contribution >= 0.6 is 34.2 Å². The lowest BCUT2D eigenvalue weighted by Crippen LogP contribution is -2.04. The zero-order valence-corrected chi connectivity index (χ0v) is 18.4. The molecule has 29 heavy (non-hydrogen) atoms. The summed E-state index contributed by atoms with van der Waals surface area (Å²) in [5.41, 5.74) is 2.57. The summed E-state index contributed by atoms with van der Waals surface area (Å²) in [6, 6.07) is 17.8. The second-order valence-electron chi connectivity index (χ2n) is 6.15. The predicted octanol–water partition coefficient (Wildman–Crippen LogP) is 6.05. The lowest BCUT2D eigenvalue weighted by molar-refractivity contribution is -0.384. The number of benzene rings is 3. The van der Waals surface area contributed by atoms with Crippen molar-refractivity contribution in [1.29, 1.82) is 0 Å². The van der Waals surface area contributed by atoms with Crippen molar-refractivity contribution in [2.24, 2.45) is 0 Å². The Morgan fingerprint density at radius 3 is 2.66 bits per heavy atom. The van der Waals surface area contributed by atoms with E-state index < -0.39 is 4.92 Å². The summed E-state index contributed by atoms with van der Waals surface area (Å²) in [5, 5.41) is 14.8. The van der Waals surface area contributed by atoms with Crippen LogP contribution in [0.1, 0.15) is 11.1 Å². The highest BCUT2D eigenvalue weighted by Gasteiger charge is 2.13. The Kier molecular flexibility index (Phi) is 7.16. The van der Waals surface area contributed by atoms with Crippen molar-refractivity contribution in [3.63, 3.8) is 0 Å². The van der Waals surface area contributed by atoms with E-state index in [0.717, 1.165) is 14.7 Å². The molecule has 0 aliphatic carbocycles. The highest BCUT2D eigenvalue weighted by atomic mass is 127. The van der Waals surface area contributed by atoms with Crippen molar-refractivity contribution in [2.45, 2.75) is 13.2 Å². The Morgan fingerprint density at radius 2 is 1.93 bits per heavy atom. The maximum absolute atomic E-state index is 10.9. The summed E-state index contributed by atoms with van der Waals surface area (Å²) < 4.78 is 12.4. The topological polar surface area (TPSA) is 73.6 Å². The van der Waals surface area contributed by atoms with E-state index in [4.69, 9.17) is 21.1 Å². The summed E-state index contributed by atoms with van der Waals surface area (Å²) in [7, 11) is 1.59. The third kappa shape index (κ3) is 5.51. The third-order valence-corrected chi connectivity index (χ3v) is 5.34. The summed E-state index contributed by atoms with van der Waals surface area (Å²) in [4.78, 5) is 10.5. The van der Waals surface area contributed by atoms with Crippen LogP contribution in [0, 0.1) is 13.7 Å². The standard InChI is InChI=1S/C21H18ClIN2O4/c1-28-20-10-14(12-24-16-6-4-7-17(11-16)25(26)27)9-19(23)21(20)29-13-15-5-2-3-8-18(15)22/h2-11,24H,12-13H2,1H3. The highest BCUT2D eigenvalue weighted by Crippen LogP contribution is 2.35. The molecule has 6 nitrogen and oxygen atoms in total. The van der Waals surface area contributed by atoms with Crippen molar-refractivity contribution in [1.82, 2.24) is 0 Å². The first-order chi connectivity index (χ1) is 14.0. The molecule has 0 spiro atoms. The molecule has 0 bridgehead atoms. The molecule has 150 valence electrons. The monoisotopic (exact) mass is 524 g/mol. The number of nitro benzene ring substituents is 1. The van der Waals surface area contributed by atoms with Gasteiger partial charge < -0.3 is 14.8 Å². The van der Waals surface area contributed by atoms with Gasteiger partial charge in [0.2, 0.25) is 0 Å². The summed E-state index contributed by atoms with van der Waals surface area (Å²) in [6.45, 7) is 0.815. The molecule has 3 aromatic carbocycles. The molecule has 0 aliphatic heterocycles. The van der Waals surface area contributed by atoms with E-state index >= 15 is 0 Å². The van der Waals surface area contributed by atoms with Crippen LogP contribution in [-0.2, 0) is 13.2 Å². The van der Waals surface area contributed by atoms with Crippen LogP contribution in [0.2, 0.25) is 5.02 Å². The molecular weight excluding hydrogens is 507 g/mol. The second-order valence-corrected chi connectivity index (χ2v) is 7.72. The fourth-order valence-corrected chi connectivity index (χ4v) is 3.73. The van der Waals surface area contributed by atoms with Gasteiger partial charge in [0.15, 0.2) is 11.5 Å². The number of nitro groups is 1. The fourth-order valence-electron chi connectivity index (χ4n) is 2.71. The van der Waals surface area contributed by atoms with Gasteiger partial charge in [-0.25, -0.2) is 0 Å². The predicted molar refractivity (Wildman–Crippen MR) is 122 cm³/mol. The minimum Gasteiger partial charge on any atom is -0.493 e. The van der Waals surface area contributed by atoms with Crippen LogP contribution < -0.4 is 14.8 Å². The molecule has 0 aromatic heterocycles. The van der Waals surface area contributed by atoms with E-state index in [-0.39, 0.29) is 5.69 Å². The SMILES string of the molecule is COc1cc(CNc2cccc([N+](=O)[O-])c2)cc(I)c1OCc1ccccc1Cl. The molecule has 0 saturated carbocycles. The highest BCUT2D eigenvalue weighted by molar-refractivity contribution is 14.1. The van der Waals surface area contributed by atoms with Gasteiger partial charge in [-0.05, 0) is 52.4 Å². The van der Waals surface area contributed by atoms with Gasteiger partial charge in [-0.1, -0.05) is 35.9 Å². The smallest absolute Gasteiger partial charge is 0.271 e. The van der Waals surface area contributed by atoms with Crippen molar-refractivity contribution in [3.05, 3.63) is 90.5 Å². The van der Waals surface area contributed by atoms with E-state index in [9.17, 15) is 10.1 Å². The maximum Gasteiger partial charge on any atom is 0.271 e. The molecule has 0 saturated heterocycles. The van der Waals surface area contributed by atoms with E-state index in [2.05, 4.69) is 27.9 Å². The molecule has 0 atom stereocenters. The van der Waals surface area contributed by atoms with Gasteiger partial charge in [-0.2, -0.15) is 0 Å². The van der Waals surface area contributed by atoms with Crippen molar-refractivity contribution in [2.75, 3.05) is 12.4 Å². The molecule has 0 unspecified atom stereocenters. The first-order valence-electron chi connectivity index (χ1n) is 8.69. The van der Waals surface area contributed by atoms with Gasteiger partial charge in [0.25, 0.3) is 5.69 Å². The number of anilines is 1. The van der Waals surface area contributed by atoms with Crippen LogP contribution in [-0.4, -0.2) is 12.0 Å². The number of rotatable bonds is 8.